The van der Waals surface area contributed by atoms with Crippen LogP contribution in [-0.4, -0.2) is 42.9 Å². The molecule has 1 aliphatic heterocycles. The summed E-state index contributed by atoms with van der Waals surface area (Å²) >= 11 is 1.50. The molecule has 0 atom stereocenters. The van der Waals surface area contributed by atoms with E-state index in [1.807, 2.05) is 59.5 Å². The predicted octanol–water partition coefficient (Wildman–Crippen LogP) is 6.53. The van der Waals surface area contributed by atoms with Gasteiger partial charge < -0.3 is 15.1 Å². The van der Waals surface area contributed by atoms with Crippen LogP contribution in [0.4, 0.5) is 5.69 Å². The quantitative estimate of drug-likeness (QED) is 0.288. The van der Waals surface area contributed by atoms with Gasteiger partial charge >= 0.3 is 0 Å². The van der Waals surface area contributed by atoms with Gasteiger partial charge in [0.1, 0.15) is 0 Å². The van der Waals surface area contributed by atoms with Crippen molar-refractivity contribution in [2.75, 3.05) is 31.1 Å². The third kappa shape index (κ3) is 7.15. The monoisotopic (exact) mass is 527 g/mol. The number of para-hydroxylation sites is 1. The number of anilines is 1. The summed E-state index contributed by atoms with van der Waals surface area (Å²) in [5.74, 6) is -0.0840. The Hall–Kier alpha value is -3.35. The number of nitrogens with one attached hydrogen (secondary N) is 1. The smallest absolute Gasteiger partial charge is 0.265 e. The van der Waals surface area contributed by atoms with Crippen LogP contribution >= 0.6 is 11.8 Å². The predicted molar refractivity (Wildman–Crippen MR) is 158 cm³/mol. The maximum absolute atomic E-state index is 13.6. The Morgan fingerprint density at radius 2 is 1.68 bits per heavy atom. The first-order chi connectivity index (χ1) is 18.5. The normalized spacial score (nSPS) is 14.2. The zero-order chi connectivity index (χ0) is 26.9. The summed E-state index contributed by atoms with van der Waals surface area (Å²) in [7, 11) is 0. The van der Waals surface area contributed by atoms with Crippen molar-refractivity contribution in [2.45, 2.75) is 45.1 Å². The van der Waals surface area contributed by atoms with Gasteiger partial charge in [-0.25, -0.2) is 0 Å². The van der Waals surface area contributed by atoms with E-state index in [9.17, 15) is 9.59 Å². The van der Waals surface area contributed by atoms with Crippen molar-refractivity contribution in [1.82, 2.24) is 10.2 Å². The van der Waals surface area contributed by atoms with Gasteiger partial charge in [-0.1, -0.05) is 79.7 Å². The van der Waals surface area contributed by atoms with E-state index in [4.69, 9.17) is 0 Å². The minimum atomic E-state index is -0.0708. The molecule has 2 amide bonds. The van der Waals surface area contributed by atoms with E-state index in [0.717, 1.165) is 54.2 Å². The summed E-state index contributed by atoms with van der Waals surface area (Å²) in [6, 6.07) is 23.8. The average molecular weight is 528 g/mol. The topological polar surface area (TPSA) is 52.7 Å². The third-order valence-electron chi connectivity index (χ3n) is 6.52. The summed E-state index contributed by atoms with van der Waals surface area (Å²) in [6.07, 6.45) is 4.14. The lowest BCUT2D eigenvalue weighted by atomic mass is 10.1. The molecule has 0 radical (unpaired) electrons. The summed E-state index contributed by atoms with van der Waals surface area (Å²) in [4.78, 5) is 32.2. The molecule has 198 valence electrons. The molecule has 0 unspecified atom stereocenters. The molecular formula is C32H37N3O2S. The van der Waals surface area contributed by atoms with Crippen LogP contribution in [-0.2, 0) is 11.3 Å². The van der Waals surface area contributed by atoms with Gasteiger partial charge in [-0.2, -0.15) is 0 Å². The Bertz CT molecular complexity index is 1280. The Morgan fingerprint density at radius 3 is 2.39 bits per heavy atom. The van der Waals surface area contributed by atoms with Crippen LogP contribution in [0.1, 0.15) is 53.7 Å². The molecule has 0 saturated carbocycles. The van der Waals surface area contributed by atoms with Crippen molar-refractivity contribution in [1.29, 1.82) is 0 Å². The van der Waals surface area contributed by atoms with Crippen LogP contribution in [0.15, 0.2) is 82.6 Å². The summed E-state index contributed by atoms with van der Waals surface area (Å²) in [5.41, 5.74) is 4.73. The van der Waals surface area contributed by atoms with Crippen LogP contribution in [0.25, 0.3) is 6.08 Å². The fraction of sp³-hybridized carbons (Fsp3) is 0.312. The van der Waals surface area contributed by atoms with E-state index in [2.05, 4.69) is 55.3 Å². The van der Waals surface area contributed by atoms with Gasteiger partial charge in [-0.3, -0.25) is 9.59 Å². The van der Waals surface area contributed by atoms with E-state index in [1.54, 1.807) is 0 Å². The number of carbonyl (C=O) groups excluding carboxylic acids is 2. The van der Waals surface area contributed by atoms with Crippen molar-refractivity contribution < 1.29 is 9.59 Å². The fourth-order valence-electron chi connectivity index (χ4n) is 4.69. The maximum atomic E-state index is 13.6. The van der Waals surface area contributed by atoms with Crippen molar-refractivity contribution >= 4 is 35.3 Å². The Morgan fingerprint density at radius 1 is 0.947 bits per heavy atom. The van der Waals surface area contributed by atoms with Crippen LogP contribution < -0.4 is 10.2 Å². The highest BCUT2D eigenvalue weighted by atomic mass is 32.2. The second-order valence-electron chi connectivity index (χ2n) is 9.68. The molecule has 1 aliphatic rings. The number of nitrogens with zero attached hydrogens (tertiary/aromatic N) is 2. The summed E-state index contributed by atoms with van der Waals surface area (Å²) < 4.78 is 0. The van der Waals surface area contributed by atoms with Gasteiger partial charge in [0.05, 0.1) is 17.1 Å². The molecule has 0 aliphatic carbocycles. The van der Waals surface area contributed by atoms with E-state index in [-0.39, 0.29) is 11.8 Å². The van der Waals surface area contributed by atoms with Crippen LogP contribution in [0.3, 0.4) is 0 Å². The molecule has 38 heavy (non-hydrogen) atoms. The summed E-state index contributed by atoms with van der Waals surface area (Å²) in [6.45, 7) is 10.5. The molecule has 5 nitrogen and oxygen atoms in total. The lowest BCUT2D eigenvalue weighted by Crippen LogP contribution is -2.35. The number of rotatable bonds is 11. The molecule has 0 spiro atoms. The van der Waals surface area contributed by atoms with Gasteiger partial charge in [0.15, 0.2) is 0 Å². The number of aryl methyl sites for hydroxylation is 1. The Balaban J connectivity index is 1.46. The molecule has 0 fully saturated rings. The number of hydrogen-bond donors (Lipinski definition) is 1. The van der Waals surface area contributed by atoms with Crippen LogP contribution in [0, 0.1) is 6.92 Å². The minimum absolute atomic E-state index is 0.0132. The van der Waals surface area contributed by atoms with E-state index >= 15 is 0 Å². The number of hydrogen-bond acceptors (Lipinski definition) is 4. The number of fused-ring (bicyclic) bond motifs is 1. The summed E-state index contributed by atoms with van der Waals surface area (Å²) in [5, 5.41) is 3.04. The number of amides is 2. The van der Waals surface area contributed by atoms with Gasteiger partial charge in [0.25, 0.3) is 11.8 Å². The Labute approximate surface area is 230 Å². The molecule has 3 aromatic carbocycles. The molecule has 0 aromatic heterocycles. The van der Waals surface area contributed by atoms with Crippen molar-refractivity contribution in [2.24, 2.45) is 0 Å². The standard InChI is InChI=1S/C32H37N3O2S/c1-4-18-34(19-5-2)20-17-33-31(36)27-15-13-25(14-16-27)22-30-32(37)35(23-26-10-8-9-24(3)21-26)28-11-6-7-12-29(28)38-30/h6-16,21-22H,4-5,17-20,23H2,1-3H3,(H,33,36)/b30-22-. The number of carbonyl (C=O) groups is 2. The van der Waals surface area contributed by atoms with Gasteiger partial charge in [0, 0.05) is 23.5 Å². The lowest BCUT2D eigenvalue weighted by molar-refractivity contribution is -0.114. The number of thioether (sulfide) groups is 1. The first-order valence-corrected chi connectivity index (χ1v) is 14.3. The molecule has 3 aromatic rings. The van der Waals surface area contributed by atoms with Crippen molar-refractivity contribution in [3.05, 3.63) is 100.0 Å². The van der Waals surface area contributed by atoms with E-state index in [0.29, 0.717) is 23.6 Å². The van der Waals surface area contributed by atoms with E-state index < -0.39 is 0 Å². The molecule has 1 heterocycles. The highest BCUT2D eigenvalue weighted by Gasteiger charge is 2.29. The fourth-order valence-corrected chi connectivity index (χ4v) is 5.75. The lowest BCUT2D eigenvalue weighted by Gasteiger charge is -2.30. The SMILES string of the molecule is CCCN(CCC)CCNC(=O)c1ccc(/C=C2\Sc3ccccc3N(Cc3cccc(C)c3)C2=O)cc1. The first kappa shape index (κ1) is 27.7. The molecule has 0 saturated heterocycles. The molecule has 0 bridgehead atoms. The molecular weight excluding hydrogens is 490 g/mol. The maximum Gasteiger partial charge on any atom is 0.265 e. The third-order valence-corrected chi connectivity index (χ3v) is 7.60. The Kier molecular flexibility index (Phi) is 9.79. The largest absolute Gasteiger partial charge is 0.351 e. The number of benzene rings is 3. The van der Waals surface area contributed by atoms with Crippen LogP contribution in [0.5, 0.6) is 0 Å². The van der Waals surface area contributed by atoms with Gasteiger partial charge in [-0.05, 0) is 74.3 Å². The molecule has 6 heteroatoms. The van der Waals surface area contributed by atoms with Gasteiger partial charge in [-0.15, -0.1) is 0 Å². The van der Waals surface area contributed by atoms with Crippen LogP contribution in [0.2, 0.25) is 0 Å². The highest BCUT2D eigenvalue weighted by molar-refractivity contribution is 8.04. The van der Waals surface area contributed by atoms with Crippen molar-refractivity contribution in [3.8, 4) is 0 Å². The highest BCUT2D eigenvalue weighted by Crippen LogP contribution is 2.42. The second-order valence-corrected chi connectivity index (χ2v) is 10.8. The molecule has 4 rings (SSSR count). The zero-order valence-electron chi connectivity index (χ0n) is 22.6. The first-order valence-electron chi connectivity index (χ1n) is 13.4. The minimum Gasteiger partial charge on any atom is -0.351 e. The average Bonchev–Trinajstić information content (AvgIpc) is 2.91. The zero-order valence-corrected chi connectivity index (χ0v) is 23.4. The van der Waals surface area contributed by atoms with E-state index in [1.165, 1.54) is 17.3 Å². The van der Waals surface area contributed by atoms with Crippen molar-refractivity contribution in [3.63, 3.8) is 0 Å². The van der Waals surface area contributed by atoms with Gasteiger partial charge in [0.2, 0.25) is 0 Å². The molecule has 1 N–H and O–H groups in total. The second kappa shape index (κ2) is 13.4.